The quantitative estimate of drug-likeness (QED) is 0.807. The van der Waals surface area contributed by atoms with Crippen molar-refractivity contribution in [3.8, 4) is 0 Å². The van der Waals surface area contributed by atoms with Gasteiger partial charge < -0.3 is 5.32 Å². The van der Waals surface area contributed by atoms with Gasteiger partial charge in [0.15, 0.2) is 0 Å². The molecule has 0 aromatic rings. The second-order valence-electron chi connectivity index (χ2n) is 6.52. The average Bonchev–Trinajstić information content (AvgIpc) is 3.20. The normalized spacial score (nSPS) is 30.4. The van der Waals surface area contributed by atoms with Crippen molar-refractivity contribution in [2.45, 2.75) is 64.2 Å². The first-order valence-corrected chi connectivity index (χ1v) is 7.95. The van der Waals surface area contributed by atoms with Crippen LogP contribution in [0.4, 0.5) is 13.2 Å². The first-order valence-electron chi connectivity index (χ1n) is 7.95. The molecule has 3 unspecified atom stereocenters. The number of alkyl halides is 3. The highest BCUT2D eigenvalue weighted by Crippen LogP contribution is 2.37. The van der Waals surface area contributed by atoms with Crippen LogP contribution in [0.2, 0.25) is 0 Å². The lowest BCUT2D eigenvalue weighted by Gasteiger charge is -2.42. The zero-order chi connectivity index (χ0) is 14.8. The highest BCUT2D eigenvalue weighted by Gasteiger charge is 2.39. The minimum absolute atomic E-state index is 0.236. The lowest BCUT2D eigenvalue weighted by molar-refractivity contribution is -0.136. The summed E-state index contributed by atoms with van der Waals surface area (Å²) in [4.78, 5) is 2.33. The molecule has 1 aliphatic heterocycles. The fourth-order valence-electron chi connectivity index (χ4n) is 3.20. The summed E-state index contributed by atoms with van der Waals surface area (Å²) >= 11 is 0. The van der Waals surface area contributed by atoms with Crippen molar-refractivity contribution in [1.29, 1.82) is 0 Å². The Bertz CT molecular complexity index is 302. The molecule has 118 valence electrons. The summed E-state index contributed by atoms with van der Waals surface area (Å²) in [6.07, 6.45) is -0.824. The molecule has 0 radical (unpaired) electrons. The maximum absolute atomic E-state index is 12.3. The Balaban J connectivity index is 1.86. The van der Waals surface area contributed by atoms with E-state index in [2.05, 4.69) is 24.1 Å². The lowest BCUT2D eigenvalue weighted by Crippen LogP contribution is -2.59. The van der Waals surface area contributed by atoms with Crippen LogP contribution in [-0.2, 0) is 0 Å². The van der Waals surface area contributed by atoms with Crippen LogP contribution in [0.5, 0.6) is 0 Å². The predicted molar refractivity (Wildman–Crippen MR) is 74.6 cm³/mol. The maximum Gasteiger partial charge on any atom is 0.389 e. The summed E-state index contributed by atoms with van der Waals surface area (Å²) in [5, 5.41) is 3.61. The number of piperazine rings is 1. The lowest BCUT2D eigenvalue weighted by atomic mass is 9.94. The minimum Gasteiger partial charge on any atom is -0.311 e. The third-order valence-corrected chi connectivity index (χ3v) is 4.89. The second-order valence-corrected chi connectivity index (χ2v) is 6.52. The van der Waals surface area contributed by atoms with Crippen molar-refractivity contribution in [1.82, 2.24) is 10.2 Å². The van der Waals surface area contributed by atoms with Crippen LogP contribution in [-0.4, -0.2) is 42.8 Å². The molecule has 1 heterocycles. The van der Waals surface area contributed by atoms with E-state index in [1.54, 1.807) is 0 Å². The number of nitrogens with zero attached hydrogens (tertiary/aromatic N) is 1. The van der Waals surface area contributed by atoms with Gasteiger partial charge in [0.25, 0.3) is 0 Å². The molecule has 1 aliphatic carbocycles. The molecule has 5 heteroatoms. The Morgan fingerprint density at radius 2 is 2.00 bits per heavy atom. The van der Waals surface area contributed by atoms with E-state index in [0.717, 1.165) is 19.5 Å². The third-order valence-electron chi connectivity index (χ3n) is 4.89. The summed E-state index contributed by atoms with van der Waals surface area (Å²) in [6.45, 7) is 6.85. The van der Waals surface area contributed by atoms with E-state index in [9.17, 15) is 13.2 Å². The molecule has 2 aliphatic rings. The van der Waals surface area contributed by atoms with Gasteiger partial charge in [-0.15, -0.1) is 0 Å². The molecule has 1 saturated carbocycles. The zero-order valence-corrected chi connectivity index (χ0v) is 12.5. The fraction of sp³-hybridized carbons (Fsp3) is 1.00. The Kier molecular flexibility index (Phi) is 5.35. The molecule has 2 rings (SSSR count). The summed E-state index contributed by atoms with van der Waals surface area (Å²) in [5.41, 5.74) is 0. The second kappa shape index (κ2) is 6.65. The van der Waals surface area contributed by atoms with Crippen molar-refractivity contribution in [3.63, 3.8) is 0 Å². The highest BCUT2D eigenvalue weighted by atomic mass is 19.4. The van der Waals surface area contributed by atoms with Crippen LogP contribution >= 0.6 is 0 Å². The largest absolute Gasteiger partial charge is 0.389 e. The molecule has 3 atom stereocenters. The van der Waals surface area contributed by atoms with Gasteiger partial charge in [-0.3, -0.25) is 4.90 Å². The number of hydrogen-bond acceptors (Lipinski definition) is 2. The van der Waals surface area contributed by atoms with Crippen LogP contribution in [0.3, 0.4) is 0 Å². The Labute approximate surface area is 120 Å². The number of rotatable bonds is 6. The summed E-state index contributed by atoms with van der Waals surface area (Å²) in [6, 6.07) is 0.893. The fourth-order valence-corrected chi connectivity index (χ4v) is 3.20. The van der Waals surface area contributed by atoms with Gasteiger partial charge >= 0.3 is 6.18 Å². The van der Waals surface area contributed by atoms with Gasteiger partial charge in [0.2, 0.25) is 0 Å². The topological polar surface area (TPSA) is 15.3 Å². The third kappa shape index (κ3) is 4.62. The van der Waals surface area contributed by atoms with E-state index < -0.39 is 12.6 Å². The molecular formula is C15H27F3N2. The van der Waals surface area contributed by atoms with E-state index in [4.69, 9.17) is 0 Å². The van der Waals surface area contributed by atoms with E-state index in [1.807, 2.05) is 0 Å². The summed E-state index contributed by atoms with van der Waals surface area (Å²) < 4.78 is 36.9. The van der Waals surface area contributed by atoms with Crippen LogP contribution in [0, 0.1) is 11.8 Å². The van der Waals surface area contributed by atoms with Crippen molar-refractivity contribution >= 4 is 0 Å². The van der Waals surface area contributed by atoms with Crippen LogP contribution in [0.1, 0.15) is 46.0 Å². The molecule has 0 spiro atoms. The van der Waals surface area contributed by atoms with Crippen LogP contribution < -0.4 is 5.32 Å². The molecule has 2 fully saturated rings. The monoisotopic (exact) mass is 292 g/mol. The smallest absolute Gasteiger partial charge is 0.311 e. The number of hydrogen-bond donors (Lipinski definition) is 1. The summed E-state index contributed by atoms with van der Waals surface area (Å²) in [7, 11) is 0. The standard InChI is InChI=1S/C15H27F3N2/c1-3-11(2)13-10-20(8-4-7-15(16,17)18)14(9-19-13)12-5-6-12/h11-14,19H,3-10H2,1-2H3. The molecule has 2 nitrogen and oxygen atoms in total. The molecule has 1 N–H and O–H groups in total. The van der Waals surface area contributed by atoms with E-state index >= 15 is 0 Å². The first kappa shape index (κ1) is 16.1. The molecular weight excluding hydrogens is 265 g/mol. The Hall–Kier alpha value is -0.290. The Morgan fingerprint density at radius 3 is 2.55 bits per heavy atom. The van der Waals surface area contributed by atoms with Crippen molar-refractivity contribution in [3.05, 3.63) is 0 Å². The molecule has 20 heavy (non-hydrogen) atoms. The van der Waals surface area contributed by atoms with Crippen molar-refractivity contribution in [2.24, 2.45) is 11.8 Å². The van der Waals surface area contributed by atoms with E-state index in [-0.39, 0.29) is 6.42 Å². The van der Waals surface area contributed by atoms with E-state index in [1.165, 1.54) is 12.8 Å². The molecule has 1 saturated heterocycles. The van der Waals surface area contributed by atoms with Gasteiger partial charge in [0, 0.05) is 31.6 Å². The number of nitrogens with one attached hydrogen (secondary N) is 1. The molecule has 0 aromatic carbocycles. The Morgan fingerprint density at radius 1 is 1.30 bits per heavy atom. The molecule has 0 aromatic heterocycles. The number of halogens is 3. The van der Waals surface area contributed by atoms with Gasteiger partial charge in [-0.05, 0) is 37.6 Å². The van der Waals surface area contributed by atoms with Crippen LogP contribution in [0.15, 0.2) is 0 Å². The van der Waals surface area contributed by atoms with Crippen LogP contribution in [0.25, 0.3) is 0 Å². The average molecular weight is 292 g/mol. The van der Waals surface area contributed by atoms with Crippen molar-refractivity contribution < 1.29 is 13.2 Å². The predicted octanol–water partition coefficient (Wildman–Crippen LogP) is 3.43. The first-order chi connectivity index (χ1) is 9.40. The molecule has 0 amide bonds. The van der Waals surface area contributed by atoms with Gasteiger partial charge in [-0.25, -0.2) is 0 Å². The van der Waals surface area contributed by atoms with Gasteiger partial charge in [0.1, 0.15) is 0 Å². The summed E-state index contributed by atoms with van der Waals surface area (Å²) in [5.74, 6) is 1.30. The minimum atomic E-state index is -4.01. The maximum atomic E-state index is 12.3. The van der Waals surface area contributed by atoms with Gasteiger partial charge in [-0.1, -0.05) is 20.3 Å². The van der Waals surface area contributed by atoms with Crippen molar-refractivity contribution in [2.75, 3.05) is 19.6 Å². The zero-order valence-electron chi connectivity index (χ0n) is 12.5. The SMILES string of the molecule is CCC(C)C1CN(CCCC(F)(F)F)C(C2CC2)CN1. The molecule has 0 bridgehead atoms. The van der Waals surface area contributed by atoms with Gasteiger partial charge in [-0.2, -0.15) is 13.2 Å². The highest BCUT2D eigenvalue weighted by molar-refractivity contribution is 4.95. The van der Waals surface area contributed by atoms with Gasteiger partial charge in [0.05, 0.1) is 0 Å². The van der Waals surface area contributed by atoms with E-state index in [0.29, 0.717) is 30.5 Å².